The Bertz CT molecular complexity index is 654. The van der Waals surface area contributed by atoms with E-state index in [0.717, 1.165) is 54.4 Å². The fraction of sp³-hybridized carbons (Fsp3) is 1.00. The molecular weight excluding hydrogens is 546 g/mol. The van der Waals surface area contributed by atoms with Gasteiger partial charge in [-0.1, -0.05) is 116 Å². The summed E-state index contributed by atoms with van der Waals surface area (Å²) in [5.74, 6) is 0. The van der Waals surface area contributed by atoms with Crippen LogP contribution in [0.1, 0.15) is 212 Å². The standard InChI is InChI=1S/C42H75N3/c1-7-19-34(20-8-1)43(35-21-9-2-10-22-35)40-31-41(44(36-23-11-3-12-24-36)37-25-13-4-14-26-37)33-42(32-40)45(38-27-15-5-16-28-38)39-29-17-6-18-30-39/h34-42H,1-33H2. The molecule has 7 aliphatic rings. The van der Waals surface area contributed by atoms with Crippen molar-refractivity contribution in [2.75, 3.05) is 0 Å². The summed E-state index contributed by atoms with van der Waals surface area (Å²) in [6.45, 7) is 0. The van der Waals surface area contributed by atoms with E-state index in [4.69, 9.17) is 0 Å². The van der Waals surface area contributed by atoms with E-state index in [9.17, 15) is 0 Å². The lowest BCUT2D eigenvalue weighted by molar-refractivity contribution is -0.0680. The van der Waals surface area contributed by atoms with Gasteiger partial charge in [-0.05, 0) is 96.3 Å². The molecular formula is C42H75N3. The molecule has 7 fully saturated rings. The lowest BCUT2D eigenvalue weighted by Crippen LogP contribution is -2.63. The molecule has 258 valence electrons. The van der Waals surface area contributed by atoms with Crippen LogP contribution in [0.4, 0.5) is 0 Å². The Balaban J connectivity index is 1.23. The van der Waals surface area contributed by atoms with E-state index in [0.29, 0.717) is 0 Å². The minimum absolute atomic E-state index is 0.837. The molecule has 7 rings (SSSR count). The van der Waals surface area contributed by atoms with Crippen molar-refractivity contribution in [3.05, 3.63) is 0 Å². The third-order valence-electron chi connectivity index (χ3n) is 14.9. The zero-order chi connectivity index (χ0) is 30.3. The Kier molecular flexibility index (Phi) is 12.6. The van der Waals surface area contributed by atoms with E-state index in [-0.39, 0.29) is 0 Å². The van der Waals surface area contributed by atoms with Crippen molar-refractivity contribution >= 4 is 0 Å². The van der Waals surface area contributed by atoms with E-state index in [1.54, 1.807) is 0 Å². The molecule has 0 aromatic rings. The number of rotatable bonds is 9. The molecule has 0 unspecified atom stereocenters. The molecule has 0 N–H and O–H groups in total. The first kappa shape index (κ1) is 33.4. The van der Waals surface area contributed by atoms with Crippen LogP contribution >= 0.6 is 0 Å². The first-order valence-electron chi connectivity index (χ1n) is 21.7. The van der Waals surface area contributed by atoms with E-state index in [1.165, 1.54) is 212 Å². The van der Waals surface area contributed by atoms with Gasteiger partial charge in [-0.15, -0.1) is 0 Å². The summed E-state index contributed by atoms with van der Waals surface area (Å²) >= 11 is 0. The van der Waals surface area contributed by atoms with Gasteiger partial charge in [0.25, 0.3) is 0 Å². The Hall–Kier alpha value is -0.120. The smallest absolute Gasteiger partial charge is 0.0131 e. The molecule has 0 bridgehead atoms. The molecule has 3 nitrogen and oxygen atoms in total. The summed E-state index contributed by atoms with van der Waals surface area (Å²) in [5, 5.41) is 0. The zero-order valence-corrected chi connectivity index (χ0v) is 29.9. The van der Waals surface area contributed by atoms with Gasteiger partial charge in [-0.3, -0.25) is 14.7 Å². The number of nitrogens with zero attached hydrogens (tertiary/aromatic N) is 3. The van der Waals surface area contributed by atoms with E-state index in [1.807, 2.05) is 0 Å². The lowest BCUT2D eigenvalue weighted by atomic mass is 9.76. The van der Waals surface area contributed by atoms with Gasteiger partial charge in [0.05, 0.1) is 0 Å². The lowest BCUT2D eigenvalue weighted by Gasteiger charge is -2.57. The topological polar surface area (TPSA) is 9.72 Å². The van der Waals surface area contributed by atoms with Gasteiger partial charge >= 0.3 is 0 Å². The fourth-order valence-corrected chi connectivity index (χ4v) is 12.9. The number of hydrogen-bond acceptors (Lipinski definition) is 3. The Morgan fingerprint density at radius 2 is 0.333 bits per heavy atom. The summed E-state index contributed by atoms with van der Waals surface area (Å²) < 4.78 is 0. The van der Waals surface area contributed by atoms with Gasteiger partial charge < -0.3 is 0 Å². The van der Waals surface area contributed by atoms with E-state index in [2.05, 4.69) is 14.7 Å². The highest BCUT2D eigenvalue weighted by molar-refractivity contribution is 5.02. The molecule has 0 heterocycles. The van der Waals surface area contributed by atoms with Crippen molar-refractivity contribution in [3.8, 4) is 0 Å². The van der Waals surface area contributed by atoms with Crippen molar-refractivity contribution < 1.29 is 0 Å². The predicted molar refractivity (Wildman–Crippen MR) is 192 cm³/mol. The highest BCUT2D eigenvalue weighted by Gasteiger charge is 2.46. The largest absolute Gasteiger partial charge is 0.294 e. The van der Waals surface area contributed by atoms with Gasteiger partial charge in [0.15, 0.2) is 0 Å². The Morgan fingerprint density at radius 3 is 0.489 bits per heavy atom. The average molecular weight is 622 g/mol. The highest BCUT2D eigenvalue weighted by atomic mass is 15.3. The second-order valence-electron chi connectivity index (χ2n) is 17.8. The molecule has 0 saturated heterocycles. The molecule has 3 heteroatoms. The van der Waals surface area contributed by atoms with Gasteiger partial charge in [0.1, 0.15) is 0 Å². The van der Waals surface area contributed by atoms with Crippen LogP contribution in [0.25, 0.3) is 0 Å². The highest BCUT2D eigenvalue weighted by Crippen LogP contribution is 2.44. The van der Waals surface area contributed by atoms with Gasteiger partial charge in [-0.2, -0.15) is 0 Å². The van der Waals surface area contributed by atoms with E-state index >= 15 is 0 Å². The molecule has 0 radical (unpaired) electrons. The Morgan fingerprint density at radius 1 is 0.178 bits per heavy atom. The first-order chi connectivity index (χ1) is 22.3. The van der Waals surface area contributed by atoms with Crippen LogP contribution in [0.3, 0.4) is 0 Å². The molecule has 45 heavy (non-hydrogen) atoms. The molecule has 0 aromatic heterocycles. The molecule has 0 amide bonds. The molecule has 0 aromatic carbocycles. The number of hydrogen-bond donors (Lipinski definition) is 0. The van der Waals surface area contributed by atoms with Crippen molar-refractivity contribution in [1.82, 2.24) is 14.7 Å². The predicted octanol–water partition coefficient (Wildman–Crippen LogP) is 11.2. The third kappa shape index (κ3) is 8.37. The summed E-state index contributed by atoms with van der Waals surface area (Å²) in [5.41, 5.74) is 0. The second-order valence-corrected chi connectivity index (χ2v) is 17.8. The molecule has 7 aliphatic carbocycles. The van der Waals surface area contributed by atoms with Gasteiger partial charge in [0.2, 0.25) is 0 Å². The fourth-order valence-electron chi connectivity index (χ4n) is 12.9. The quantitative estimate of drug-likeness (QED) is 0.254. The molecule has 0 atom stereocenters. The van der Waals surface area contributed by atoms with Crippen molar-refractivity contribution in [2.24, 2.45) is 0 Å². The normalized spacial score (nSPS) is 33.8. The SMILES string of the molecule is C1CCC(N(C2CCCCC2)C2CC(N(C3CCCCC3)C3CCCCC3)CC(N(C3CCCCC3)C3CCCCC3)C2)CC1. The van der Waals surface area contributed by atoms with Crippen LogP contribution in [0.15, 0.2) is 0 Å². The van der Waals surface area contributed by atoms with Crippen molar-refractivity contribution in [2.45, 2.75) is 266 Å². The summed E-state index contributed by atoms with van der Waals surface area (Å²) in [7, 11) is 0. The minimum Gasteiger partial charge on any atom is -0.294 e. The van der Waals surface area contributed by atoms with Crippen LogP contribution in [0.2, 0.25) is 0 Å². The molecule has 7 saturated carbocycles. The second kappa shape index (κ2) is 17.0. The van der Waals surface area contributed by atoms with Crippen LogP contribution in [0.5, 0.6) is 0 Å². The van der Waals surface area contributed by atoms with Gasteiger partial charge in [0, 0.05) is 54.4 Å². The van der Waals surface area contributed by atoms with Crippen LogP contribution < -0.4 is 0 Å². The van der Waals surface area contributed by atoms with Crippen LogP contribution in [0, 0.1) is 0 Å². The maximum Gasteiger partial charge on any atom is 0.0131 e. The monoisotopic (exact) mass is 622 g/mol. The maximum atomic E-state index is 3.34. The summed E-state index contributed by atoms with van der Waals surface area (Å²) in [6, 6.07) is 7.86. The zero-order valence-electron chi connectivity index (χ0n) is 29.9. The van der Waals surface area contributed by atoms with Crippen LogP contribution in [-0.4, -0.2) is 69.1 Å². The van der Waals surface area contributed by atoms with Crippen molar-refractivity contribution in [1.29, 1.82) is 0 Å². The maximum absolute atomic E-state index is 3.34. The van der Waals surface area contributed by atoms with Gasteiger partial charge in [-0.25, -0.2) is 0 Å². The van der Waals surface area contributed by atoms with Crippen molar-refractivity contribution in [3.63, 3.8) is 0 Å². The average Bonchev–Trinajstić information content (AvgIpc) is 3.12. The summed E-state index contributed by atoms with van der Waals surface area (Å²) in [4.78, 5) is 10.0. The van der Waals surface area contributed by atoms with E-state index < -0.39 is 0 Å². The first-order valence-corrected chi connectivity index (χ1v) is 21.7. The summed E-state index contributed by atoms with van der Waals surface area (Å²) in [6.07, 6.45) is 49.6. The minimum atomic E-state index is 0.837. The Labute approximate surface area is 280 Å². The third-order valence-corrected chi connectivity index (χ3v) is 14.9. The molecule has 0 aliphatic heterocycles. The molecule has 0 spiro atoms. The van der Waals surface area contributed by atoms with Crippen LogP contribution in [-0.2, 0) is 0 Å².